The van der Waals surface area contributed by atoms with E-state index in [-0.39, 0.29) is 5.04 Å². The number of benzene rings is 3. The molecule has 0 aliphatic carbocycles. The van der Waals surface area contributed by atoms with Crippen LogP contribution in [0.3, 0.4) is 0 Å². The van der Waals surface area contributed by atoms with E-state index >= 15 is 0 Å². The summed E-state index contributed by atoms with van der Waals surface area (Å²) in [5.74, 6) is 1.62. The van der Waals surface area contributed by atoms with Crippen molar-refractivity contribution in [2.75, 3.05) is 58.4 Å². The molecule has 0 amide bonds. The highest BCUT2D eigenvalue weighted by Crippen LogP contribution is 2.38. The Hall–Kier alpha value is -3.56. The van der Waals surface area contributed by atoms with Crippen LogP contribution in [0.5, 0.6) is 6.01 Å². The maximum absolute atomic E-state index is 7.31. The number of anilines is 1. The number of piperidine rings is 1. The summed E-state index contributed by atoms with van der Waals surface area (Å²) in [6.45, 7) is 14.0. The highest BCUT2D eigenvalue weighted by Gasteiger charge is 2.50. The fourth-order valence-corrected chi connectivity index (χ4v) is 12.3. The Kier molecular flexibility index (Phi) is 11.5. The fourth-order valence-electron chi connectivity index (χ4n) is 7.70. The molecule has 1 fully saturated rings. The van der Waals surface area contributed by atoms with Gasteiger partial charge in [-0.15, -0.1) is 0 Å². The van der Waals surface area contributed by atoms with Crippen molar-refractivity contribution in [2.24, 2.45) is 5.92 Å². The van der Waals surface area contributed by atoms with Gasteiger partial charge in [0.25, 0.3) is 8.32 Å². The van der Waals surface area contributed by atoms with Crippen LogP contribution in [-0.2, 0) is 23.9 Å². The van der Waals surface area contributed by atoms with Crippen molar-refractivity contribution in [3.63, 3.8) is 0 Å². The topological polar surface area (TPSA) is 54.0 Å². The third-order valence-electron chi connectivity index (χ3n) is 10.2. The highest BCUT2D eigenvalue weighted by atomic mass is 28.4. The van der Waals surface area contributed by atoms with Crippen LogP contribution in [-0.4, -0.2) is 81.6 Å². The van der Waals surface area contributed by atoms with Gasteiger partial charge in [-0.1, -0.05) is 112 Å². The molecule has 3 aromatic carbocycles. The summed E-state index contributed by atoms with van der Waals surface area (Å²) in [6.07, 6.45) is 4.35. The lowest BCUT2D eigenvalue weighted by molar-refractivity contribution is 0.227. The summed E-state index contributed by atoms with van der Waals surface area (Å²) >= 11 is 0. The Morgan fingerprint density at radius 2 is 1.49 bits per heavy atom. The van der Waals surface area contributed by atoms with Crippen molar-refractivity contribution in [3.05, 3.63) is 108 Å². The number of hydrogen-bond donors (Lipinski definition) is 0. The predicted molar refractivity (Wildman–Crippen MR) is 203 cm³/mol. The molecule has 3 heterocycles. The van der Waals surface area contributed by atoms with Gasteiger partial charge in [0, 0.05) is 51.4 Å². The van der Waals surface area contributed by atoms with Crippen LogP contribution in [0.4, 0.5) is 5.82 Å². The summed E-state index contributed by atoms with van der Waals surface area (Å²) in [7, 11) is 1.57. The first-order valence-electron chi connectivity index (χ1n) is 18.2. The summed E-state index contributed by atoms with van der Waals surface area (Å²) in [4.78, 5) is 17.3. The molecular weight excluding hydrogens is 623 g/mol. The van der Waals surface area contributed by atoms with E-state index < -0.39 is 8.32 Å². The quantitative estimate of drug-likeness (QED) is 0.157. The second kappa shape index (κ2) is 16.0. The molecule has 1 saturated heterocycles. The third-order valence-corrected chi connectivity index (χ3v) is 15.2. The van der Waals surface area contributed by atoms with E-state index in [1.165, 1.54) is 27.9 Å². The maximum atomic E-state index is 7.31. The molecule has 6 rings (SSSR count). The van der Waals surface area contributed by atoms with Gasteiger partial charge in [0.15, 0.2) is 0 Å². The number of nitrogens with zero attached hydrogens (tertiary/aromatic N) is 5. The number of rotatable bonds is 13. The smallest absolute Gasteiger partial charge is 0.318 e. The maximum Gasteiger partial charge on any atom is 0.318 e. The molecule has 8 heteroatoms. The molecule has 2 aliphatic heterocycles. The predicted octanol–water partition coefficient (Wildman–Crippen LogP) is 6.16. The van der Waals surface area contributed by atoms with Crippen molar-refractivity contribution in [1.29, 1.82) is 0 Å². The number of fused-ring (bicyclic) bond motifs is 1. The van der Waals surface area contributed by atoms with E-state index in [1.54, 1.807) is 0 Å². The van der Waals surface area contributed by atoms with Gasteiger partial charge in [-0.2, -0.15) is 9.97 Å². The molecule has 260 valence electrons. The minimum absolute atomic E-state index is 0.0221. The second-order valence-corrected chi connectivity index (χ2v) is 19.4. The van der Waals surface area contributed by atoms with Crippen LogP contribution in [0.25, 0.3) is 0 Å². The zero-order chi connectivity index (χ0) is 34.3. The van der Waals surface area contributed by atoms with E-state index in [0.29, 0.717) is 18.5 Å². The lowest BCUT2D eigenvalue weighted by Crippen LogP contribution is -2.66. The zero-order valence-electron chi connectivity index (χ0n) is 30.3. The number of aromatic nitrogens is 2. The molecule has 1 aromatic heterocycles. The van der Waals surface area contributed by atoms with Crippen molar-refractivity contribution in [1.82, 2.24) is 19.8 Å². The first kappa shape index (κ1) is 35.3. The molecule has 7 nitrogen and oxygen atoms in total. The summed E-state index contributed by atoms with van der Waals surface area (Å²) in [5, 5.41) is 2.66. The number of ether oxygens (including phenoxy) is 1. The monoisotopic (exact) mass is 677 g/mol. The van der Waals surface area contributed by atoms with Crippen LogP contribution in [0.1, 0.15) is 56.9 Å². The van der Waals surface area contributed by atoms with Gasteiger partial charge in [0.05, 0.1) is 5.69 Å². The van der Waals surface area contributed by atoms with Gasteiger partial charge in [0.2, 0.25) is 0 Å². The standard InChI is InChI=1S/C41H55N5O2Si/c1-41(2,3)49(35-19-11-7-12-20-35,36-21-13-8-14-22-36)48-28-24-34-18-15-25-46(31-34)39-37-23-26-45(30-33-16-9-6-10-17-33)32-38(37)42-40(43-39)47-29-27-44(4)5/h6-14,16-17,19-22,34H,15,18,23-32H2,1-5H3. The van der Waals surface area contributed by atoms with Gasteiger partial charge in [-0.05, 0) is 66.7 Å². The zero-order valence-corrected chi connectivity index (χ0v) is 31.3. The van der Waals surface area contributed by atoms with E-state index in [1.807, 2.05) is 0 Å². The van der Waals surface area contributed by atoms with Crippen molar-refractivity contribution < 1.29 is 9.16 Å². The molecule has 1 atom stereocenters. The Balaban J connectivity index is 1.20. The molecular formula is C41H55N5O2Si. The van der Waals surface area contributed by atoms with Gasteiger partial charge in [-0.25, -0.2) is 0 Å². The SMILES string of the molecule is CN(C)CCOc1nc2c(c(N3CCCC(CCO[Si](c4ccccc4)(c4ccccc4)C(C)(C)C)C3)n1)CCN(Cc1ccccc1)C2. The Morgan fingerprint density at radius 1 is 0.837 bits per heavy atom. The molecule has 49 heavy (non-hydrogen) atoms. The third kappa shape index (κ3) is 8.43. The van der Waals surface area contributed by atoms with Crippen molar-refractivity contribution >= 4 is 24.5 Å². The van der Waals surface area contributed by atoms with Crippen LogP contribution < -0.4 is 20.0 Å². The van der Waals surface area contributed by atoms with Gasteiger partial charge in [-0.3, -0.25) is 4.90 Å². The lowest BCUT2D eigenvalue weighted by atomic mass is 9.94. The van der Waals surface area contributed by atoms with E-state index in [2.05, 4.69) is 141 Å². The summed E-state index contributed by atoms with van der Waals surface area (Å²) < 4.78 is 13.5. The average molecular weight is 678 g/mol. The van der Waals surface area contributed by atoms with Crippen LogP contribution in [0, 0.1) is 5.92 Å². The van der Waals surface area contributed by atoms with Crippen LogP contribution in [0.2, 0.25) is 5.04 Å². The molecule has 0 bridgehead atoms. The molecule has 0 spiro atoms. The normalized spacial score (nSPS) is 17.3. The minimum Gasteiger partial charge on any atom is -0.462 e. The first-order valence-corrected chi connectivity index (χ1v) is 20.1. The molecule has 0 saturated carbocycles. The van der Waals surface area contributed by atoms with E-state index in [0.717, 1.165) is 76.6 Å². The minimum atomic E-state index is -2.56. The Morgan fingerprint density at radius 3 is 2.12 bits per heavy atom. The van der Waals surface area contributed by atoms with E-state index in [9.17, 15) is 0 Å². The van der Waals surface area contributed by atoms with Gasteiger partial charge < -0.3 is 19.0 Å². The van der Waals surface area contributed by atoms with Crippen LogP contribution >= 0.6 is 0 Å². The largest absolute Gasteiger partial charge is 0.462 e. The number of likely N-dealkylation sites (N-methyl/N-ethyl adjacent to an activating group) is 1. The van der Waals surface area contributed by atoms with Crippen molar-refractivity contribution in [3.8, 4) is 6.01 Å². The number of hydrogen-bond acceptors (Lipinski definition) is 7. The lowest BCUT2D eigenvalue weighted by Gasteiger charge is -2.43. The average Bonchev–Trinajstić information content (AvgIpc) is 3.10. The molecule has 0 N–H and O–H groups in total. The second-order valence-electron chi connectivity index (χ2n) is 15.1. The molecule has 2 aliphatic rings. The van der Waals surface area contributed by atoms with Gasteiger partial charge in [0.1, 0.15) is 12.4 Å². The molecule has 1 unspecified atom stereocenters. The summed E-state index contributed by atoms with van der Waals surface area (Å²) in [5.41, 5.74) is 3.75. The fraction of sp³-hybridized carbons (Fsp3) is 0.463. The van der Waals surface area contributed by atoms with Crippen LogP contribution in [0.15, 0.2) is 91.0 Å². The van der Waals surface area contributed by atoms with Crippen molar-refractivity contribution in [2.45, 2.75) is 64.6 Å². The van der Waals surface area contributed by atoms with Gasteiger partial charge >= 0.3 is 6.01 Å². The van der Waals surface area contributed by atoms with E-state index in [4.69, 9.17) is 19.1 Å². The summed E-state index contributed by atoms with van der Waals surface area (Å²) in [6, 6.07) is 33.3. The highest BCUT2D eigenvalue weighted by molar-refractivity contribution is 6.99. The molecule has 4 aromatic rings. The Labute approximate surface area is 295 Å². The molecule has 0 radical (unpaired) electrons. The Bertz CT molecular complexity index is 1570. The first-order chi connectivity index (χ1) is 23.7.